The van der Waals surface area contributed by atoms with Gasteiger partial charge < -0.3 is 19.0 Å². The van der Waals surface area contributed by atoms with Crippen molar-refractivity contribution in [3.05, 3.63) is 11.6 Å². The van der Waals surface area contributed by atoms with Crippen LogP contribution in [-0.2, 0) is 13.9 Å². The van der Waals surface area contributed by atoms with Gasteiger partial charge in [-0.15, -0.1) is 0 Å². The quantitative estimate of drug-likeness (QED) is 0.195. The van der Waals surface area contributed by atoms with E-state index in [0.717, 1.165) is 25.7 Å². The van der Waals surface area contributed by atoms with E-state index in [1.54, 1.807) is 12.7 Å². The van der Waals surface area contributed by atoms with Crippen LogP contribution >= 0.6 is 0 Å². The first-order chi connectivity index (χ1) is 15.4. The van der Waals surface area contributed by atoms with Gasteiger partial charge in [0, 0.05) is 31.2 Å². The summed E-state index contributed by atoms with van der Waals surface area (Å²) < 4.78 is 18.6. The molecule has 0 heterocycles. The van der Waals surface area contributed by atoms with Crippen molar-refractivity contribution in [2.24, 2.45) is 34.5 Å². The Morgan fingerprint density at radius 3 is 2.15 bits per heavy atom. The van der Waals surface area contributed by atoms with Crippen LogP contribution in [0.5, 0.6) is 0 Å². The highest BCUT2D eigenvalue weighted by Crippen LogP contribution is 2.66. The van der Waals surface area contributed by atoms with Crippen molar-refractivity contribution in [3.63, 3.8) is 0 Å². The average molecular weight is 483 g/mol. The molecule has 194 valence electrons. The van der Waals surface area contributed by atoms with E-state index < -0.39 is 8.32 Å². The zero-order valence-electron chi connectivity index (χ0n) is 23.6. The molecule has 5 heteroatoms. The summed E-state index contributed by atoms with van der Waals surface area (Å²) in [5.74, 6) is 1.65. The lowest BCUT2D eigenvalue weighted by atomic mass is 9.47. The molecule has 0 spiro atoms. The number of aliphatic hydroxyl groups excluding tert-OH is 1. The van der Waals surface area contributed by atoms with Crippen LogP contribution in [0.4, 0.5) is 0 Å². The van der Waals surface area contributed by atoms with Gasteiger partial charge in [0.2, 0.25) is 0 Å². The highest BCUT2D eigenvalue weighted by molar-refractivity contribution is 6.74. The molecule has 2 rings (SSSR count). The Labute approximate surface area is 206 Å². The molecule has 33 heavy (non-hydrogen) atoms. The van der Waals surface area contributed by atoms with E-state index >= 15 is 0 Å². The second kappa shape index (κ2) is 10.8. The molecule has 0 unspecified atom stereocenters. The third kappa shape index (κ3) is 4.79. The van der Waals surface area contributed by atoms with Crippen LogP contribution in [0.1, 0.15) is 81.1 Å². The molecule has 0 aromatic rings. The minimum absolute atomic E-state index is 0.159. The Hall–Kier alpha value is -0.203. The maximum absolute atomic E-state index is 11.2. The van der Waals surface area contributed by atoms with Gasteiger partial charge in [-0.05, 0) is 61.1 Å². The summed E-state index contributed by atoms with van der Waals surface area (Å²) in [6.45, 7) is 24.4. The molecule has 4 nitrogen and oxygen atoms in total. The first kappa shape index (κ1) is 29.0. The fourth-order valence-corrected chi connectivity index (χ4v) is 8.17. The molecule has 1 N–H and O–H groups in total. The standard InChI is InChI=1S/C28H54O4Si/c1-12-21-16-27(14-3,18-32-33(10,11)26(6,7)8)28(15-4,17-29)24-22(13-2)25(31-19-30-9)20(5)23(21)24/h16,20,22-25,29H,12-15,17-19H2,1-11H3/t20-,22-,23+,24-,25-,27+,28+/m0/s1. The number of methoxy groups -OCH3 is 1. The molecule has 0 bridgehead atoms. The van der Waals surface area contributed by atoms with E-state index in [1.807, 2.05) is 0 Å². The van der Waals surface area contributed by atoms with Crippen molar-refractivity contribution in [2.75, 3.05) is 27.1 Å². The minimum Gasteiger partial charge on any atom is -0.416 e. The molecule has 1 saturated carbocycles. The Kier molecular flexibility index (Phi) is 9.52. The van der Waals surface area contributed by atoms with Gasteiger partial charge in [0.1, 0.15) is 6.79 Å². The fourth-order valence-electron chi connectivity index (χ4n) is 7.12. The number of aliphatic hydroxyl groups is 1. The van der Waals surface area contributed by atoms with E-state index in [9.17, 15) is 5.11 Å². The largest absolute Gasteiger partial charge is 0.416 e. The van der Waals surface area contributed by atoms with Crippen LogP contribution in [0.2, 0.25) is 18.1 Å². The smallest absolute Gasteiger partial charge is 0.192 e. The lowest BCUT2D eigenvalue weighted by molar-refractivity contribution is -0.124. The van der Waals surface area contributed by atoms with Crippen molar-refractivity contribution in [1.82, 2.24) is 0 Å². The number of fused-ring (bicyclic) bond motifs is 1. The lowest BCUT2D eigenvalue weighted by Gasteiger charge is -2.59. The van der Waals surface area contributed by atoms with Gasteiger partial charge in [-0.1, -0.05) is 73.5 Å². The van der Waals surface area contributed by atoms with Crippen LogP contribution in [0, 0.1) is 34.5 Å². The molecule has 1 fully saturated rings. The van der Waals surface area contributed by atoms with Crippen molar-refractivity contribution in [2.45, 2.75) is 105 Å². The molecule has 0 aromatic heterocycles. The topological polar surface area (TPSA) is 47.9 Å². The minimum atomic E-state index is -1.93. The summed E-state index contributed by atoms with van der Waals surface area (Å²) in [5.41, 5.74) is 1.17. The molecule has 0 saturated heterocycles. The molecule has 0 radical (unpaired) electrons. The van der Waals surface area contributed by atoms with Gasteiger partial charge in [-0.25, -0.2) is 0 Å². The maximum atomic E-state index is 11.2. The lowest BCUT2D eigenvalue weighted by Crippen LogP contribution is -2.58. The molecule has 2 aliphatic rings. The third-order valence-corrected chi connectivity index (χ3v) is 14.7. The zero-order valence-corrected chi connectivity index (χ0v) is 24.6. The monoisotopic (exact) mass is 482 g/mol. The Morgan fingerprint density at radius 1 is 1.09 bits per heavy atom. The van der Waals surface area contributed by atoms with Crippen LogP contribution in [0.3, 0.4) is 0 Å². The van der Waals surface area contributed by atoms with Gasteiger partial charge in [-0.3, -0.25) is 0 Å². The molecular weight excluding hydrogens is 428 g/mol. The Bertz CT molecular complexity index is 663. The summed E-state index contributed by atoms with van der Waals surface area (Å²) in [5, 5.41) is 11.4. The maximum Gasteiger partial charge on any atom is 0.192 e. The van der Waals surface area contributed by atoms with Gasteiger partial charge in [0.05, 0.1) is 6.10 Å². The molecule has 0 aromatic carbocycles. The second-order valence-corrected chi connectivity index (χ2v) is 17.1. The summed E-state index contributed by atoms with van der Waals surface area (Å²) in [6, 6.07) is 0. The van der Waals surface area contributed by atoms with Crippen LogP contribution < -0.4 is 0 Å². The Morgan fingerprint density at radius 2 is 1.73 bits per heavy atom. The van der Waals surface area contributed by atoms with E-state index in [-0.39, 0.29) is 28.6 Å². The summed E-state index contributed by atoms with van der Waals surface area (Å²) in [7, 11) is -0.224. The number of hydrogen-bond donors (Lipinski definition) is 1. The molecule has 0 aliphatic heterocycles. The van der Waals surface area contributed by atoms with Crippen molar-refractivity contribution in [1.29, 1.82) is 0 Å². The highest BCUT2D eigenvalue weighted by Gasteiger charge is 2.65. The molecule has 2 aliphatic carbocycles. The average Bonchev–Trinajstić information content (AvgIpc) is 3.06. The zero-order chi connectivity index (χ0) is 25.2. The van der Waals surface area contributed by atoms with E-state index in [4.69, 9.17) is 13.9 Å². The van der Waals surface area contributed by atoms with Crippen molar-refractivity contribution < 1.29 is 19.0 Å². The van der Waals surface area contributed by atoms with Gasteiger partial charge in [-0.2, -0.15) is 0 Å². The van der Waals surface area contributed by atoms with E-state index in [2.05, 4.69) is 74.6 Å². The van der Waals surface area contributed by atoms with Crippen LogP contribution in [-0.4, -0.2) is 46.6 Å². The van der Waals surface area contributed by atoms with Crippen molar-refractivity contribution in [3.8, 4) is 0 Å². The second-order valence-electron chi connectivity index (χ2n) is 12.3. The predicted octanol–water partition coefficient (Wildman–Crippen LogP) is 7.04. The number of rotatable bonds is 11. The molecular formula is C28H54O4Si. The number of hydrogen-bond acceptors (Lipinski definition) is 4. The van der Waals surface area contributed by atoms with E-state index in [1.165, 1.54) is 0 Å². The third-order valence-electron chi connectivity index (χ3n) is 10.2. The summed E-state index contributed by atoms with van der Waals surface area (Å²) in [4.78, 5) is 0. The summed E-state index contributed by atoms with van der Waals surface area (Å²) in [6.07, 6.45) is 6.77. The number of ether oxygens (including phenoxy) is 2. The van der Waals surface area contributed by atoms with Gasteiger partial charge >= 0.3 is 0 Å². The Balaban J connectivity index is 2.65. The van der Waals surface area contributed by atoms with Gasteiger partial charge in [0.25, 0.3) is 0 Å². The molecule has 0 amide bonds. The normalized spacial score (nSPS) is 37.2. The fraction of sp³-hybridized carbons (Fsp3) is 0.929. The SMILES string of the molecule is CCC1=C[C@](CC)(CO[Si](C)(C)C(C)(C)C)[C@](CC)(CO)[C@H]2[C@H](CC)[C@@H](OCOC)[C@@H](C)[C@H]12. The first-order valence-electron chi connectivity index (χ1n) is 13.4. The first-order valence-corrected chi connectivity index (χ1v) is 16.3. The van der Waals surface area contributed by atoms with E-state index in [0.29, 0.717) is 37.1 Å². The predicted molar refractivity (Wildman–Crippen MR) is 141 cm³/mol. The van der Waals surface area contributed by atoms with Gasteiger partial charge in [0.15, 0.2) is 8.32 Å². The highest BCUT2D eigenvalue weighted by atomic mass is 28.4. The summed E-state index contributed by atoms with van der Waals surface area (Å²) >= 11 is 0. The molecule has 7 atom stereocenters. The van der Waals surface area contributed by atoms with Crippen molar-refractivity contribution >= 4 is 8.32 Å². The van der Waals surface area contributed by atoms with Crippen LogP contribution in [0.15, 0.2) is 11.6 Å². The number of allylic oxidation sites excluding steroid dienone is 1. The van der Waals surface area contributed by atoms with Crippen LogP contribution in [0.25, 0.3) is 0 Å².